The maximum atomic E-state index is 11.7. The molecule has 2 rings (SSSR count). The third kappa shape index (κ3) is 5.19. The topological polar surface area (TPSA) is 81.9 Å². The van der Waals surface area contributed by atoms with Gasteiger partial charge in [-0.05, 0) is 36.8 Å². The van der Waals surface area contributed by atoms with E-state index < -0.39 is 0 Å². The van der Waals surface area contributed by atoms with Crippen LogP contribution in [0.5, 0.6) is 11.5 Å². The number of amides is 1. The van der Waals surface area contributed by atoms with E-state index in [9.17, 15) is 15.0 Å². The molecule has 0 saturated heterocycles. The fourth-order valence-corrected chi connectivity index (χ4v) is 2.59. The Bertz CT molecular complexity index is 710. The lowest BCUT2D eigenvalue weighted by Crippen LogP contribution is -2.19. The number of thioether (sulfide) groups is 1. The van der Waals surface area contributed by atoms with Gasteiger partial charge in [0.2, 0.25) is 5.91 Å². The molecule has 0 fully saturated rings. The molecule has 0 heterocycles. The number of phenols is 2. The van der Waals surface area contributed by atoms with Gasteiger partial charge in [-0.3, -0.25) is 4.79 Å². The van der Waals surface area contributed by atoms with Crippen LogP contribution < -0.4 is 5.43 Å². The highest BCUT2D eigenvalue weighted by Gasteiger charge is 2.06. The van der Waals surface area contributed by atoms with Crippen LogP contribution in [0.1, 0.15) is 11.1 Å². The van der Waals surface area contributed by atoms with Gasteiger partial charge in [0.1, 0.15) is 0 Å². The average Bonchev–Trinajstić information content (AvgIpc) is 2.52. The Morgan fingerprint density at radius 1 is 1.30 bits per heavy atom. The maximum absolute atomic E-state index is 11.7. The Hall–Kier alpha value is -2.18. The first kappa shape index (κ1) is 17.2. The molecule has 23 heavy (non-hydrogen) atoms. The number of hydrogen-bond donors (Lipinski definition) is 3. The van der Waals surface area contributed by atoms with Crippen molar-refractivity contribution in [2.45, 2.75) is 11.8 Å². The SMILES string of the molecule is Cc1ccc(SCC(=O)N/N=C/c2cc(O)c(O)c(Cl)c2)cc1. The standard InChI is InChI=1S/C16H15ClN2O3S/c1-10-2-4-12(5-3-10)23-9-15(21)19-18-8-11-6-13(17)16(22)14(20)7-11/h2-8,20,22H,9H2,1H3,(H,19,21)/b18-8+. The molecule has 0 unspecified atom stereocenters. The first-order valence-electron chi connectivity index (χ1n) is 6.68. The largest absolute Gasteiger partial charge is 0.504 e. The molecule has 0 spiro atoms. The zero-order valence-electron chi connectivity index (χ0n) is 12.3. The second-order valence-corrected chi connectivity index (χ2v) is 6.22. The quantitative estimate of drug-likeness (QED) is 0.334. The summed E-state index contributed by atoms with van der Waals surface area (Å²) in [6.45, 7) is 2.00. The minimum atomic E-state index is -0.387. The van der Waals surface area contributed by atoms with Crippen LogP contribution in [0.2, 0.25) is 5.02 Å². The molecule has 5 nitrogen and oxygen atoms in total. The monoisotopic (exact) mass is 350 g/mol. The summed E-state index contributed by atoms with van der Waals surface area (Å²) in [4.78, 5) is 12.7. The van der Waals surface area contributed by atoms with Gasteiger partial charge >= 0.3 is 0 Å². The molecule has 1 amide bonds. The molecule has 0 aliphatic rings. The molecule has 7 heteroatoms. The van der Waals surface area contributed by atoms with Crippen LogP contribution in [0.25, 0.3) is 0 Å². The van der Waals surface area contributed by atoms with Gasteiger partial charge in [0.05, 0.1) is 17.0 Å². The van der Waals surface area contributed by atoms with Gasteiger partial charge in [0.25, 0.3) is 0 Å². The molecule has 0 saturated carbocycles. The van der Waals surface area contributed by atoms with Crippen LogP contribution in [0, 0.1) is 6.92 Å². The molecule has 0 aromatic heterocycles. The summed E-state index contributed by atoms with van der Waals surface area (Å²) in [5, 5.41) is 22.6. The van der Waals surface area contributed by atoms with E-state index in [4.69, 9.17) is 11.6 Å². The van der Waals surface area contributed by atoms with Crippen molar-refractivity contribution in [2.24, 2.45) is 5.10 Å². The number of aromatic hydroxyl groups is 2. The number of phenolic OH excluding ortho intramolecular Hbond substituents is 2. The number of carbonyl (C=O) groups excluding carboxylic acids is 1. The van der Waals surface area contributed by atoms with Crippen molar-refractivity contribution in [2.75, 3.05) is 5.75 Å². The Kier molecular flexibility index (Phi) is 5.90. The van der Waals surface area contributed by atoms with Crippen LogP contribution in [-0.2, 0) is 4.79 Å². The predicted octanol–water partition coefficient (Wildman–Crippen LogP) is 3.30. The van der Waals surface area contributed by atoms with E-state index in [0.717, 1.165) is 4.90 Å². The highest BCUT2D eigenvalue weighted by Crippen LogP contribution is 2.33. The summed E-state index contributed by atoms with van der Waals surface area (Å²) in [7, 11) is 0. The molecule has 0 bridgehead atoms. The number of hydrazone groups is 1. The summed E-state index contributed by atoms with van der Waals surface area (Å²) in [5.74, 6) is -0.745. The van der Waals surface area contributed by atoms with Crippen molar-refractivity contribution in [1.29, 1.82) is 0 Å². The summed E-state index contributed by atoms with van der Waals surface area (Å²) in [6, 6.07) is 10.6. The maximum Gasteiger partial charge on any atom is 0.250 e. The lowest BCUT2D eigenvalue weighted by molar-refractivity contribution is -0.118. The molecule has 3 N–H and O–H groups in total. The van der Waals surface area contributed by atoms with Gasteiger partial charge in [-0.15, -0.1) is 11.8 Å². The van der Waals surface area contributed by atoms with Crippen LogP contribution in [0.4, 0.5) is 0 Å². The fourth-order valence-electron chi connectivity index (χ4n) is 1.67. The Balaban J connectivity index is 1.85. The molecule has 0 aliphatic carbocycles. The normalized spacial score (nSPS) is 10.9. The van der Waals surface area contributed by atoms with Crippen LogP contribution >= 0.6 is 23.4 Å². The van der Waals surface area contributed by atoms with Crippen molar-refractivity contribution in [3.05, 3.63) is 52.5 Å². The van der Waals surface area contributed by atoms with Gasteiger partial charge in [-0.2, -0.15) is 5.10 Å². The summed E-state index contributed by atoms with van der Waals surface area (Å²) >= 11 is 7.14. The average molecular weight is 351 g/mol. The van der Waals surface area contributed by atoms with Gasteiger partial charge < -0.3 is 10.2 Å². The highest BCUT2D eigenvalue weighted by molar-refractivity contribution is 8.00. The smallest absolute Gasteiger partial charge is 0.250 e. The first-order valence-corrected chi connectivity index (χ1v) is 8.05. The van der Waals surface area contributed by atoms with Crippen molar-refractivity contribution in [1.82, 2.24) is 5.43 Å². The van der Waals surface area contributed by atoms with E-state index >= 15 is 0 Å². The fraction of sp³-hybridized carbons (Fsp3) is 0.125. The molecule has 120 valence electrons. The number of carbonyl (C=O) groups is 1. The number of nitrogens with zero attached hydrogens (tertiary/aromatic N) is 1. The van der Waals surface area contributed by atoms with E-state index in [-0.39, 0.29) is 28.2 Å². The summed E-state index contributed by atoms with van der Waals surface area (Å²) in [5.41, 5.74) is 4.01. The molecule has 2 aromatic carbocycles. The minimum Gasteiger partial charge on any atom is -0.504 e. The van der Waals surface area contributed by atoms with Gasteiger partial charge in [-0.25, -0.2) is 5.43 Å². The molecular weight excluding hydrogens is 336 g/mol. The van der Waals surface area contributed by atoms with Crippen molar-refractivity contribution in [3.8, 4) is 11.5 Å². The van der Waals surface area contributed by atoms with E-state index in [1.54, 1.807) is 0 Å². The zero-order chi connectivity index (χ0) is 16.8. The molecule has 0 aliphatic heterocycles. The van der Waals surface area contributed by atoms with E-state index in [2.05, 4.69) is 10.5 Å². The second-order valence-electron chi connectivity index (χ2n) is 4.77. The van der Waals surface area contributed by atoms with Crippen molar-refractivity contribution < 1.29 is 15.0 Å². The van der Waals surface area contributed by atoms with E-state index in [1.165, 1.54) is 35.7 Å². The number of hydrogen-bond acceptors (Lipinski definition) is 5. The van der Waals surface area contributed by atoms with Gasteiger partial charge in [0.15, 0.2) is 11.5 Å². The van der Waals surface area contributed by atoms with Gasteiger partial charge in [0, 0.05) is 4.90 Å². The van der Waals surface area contributed by atoms with Crippen LogP contribution in [-0.4, -0.2) is 28.1 Å². The molecule has 2 aromatic rings. The highest BCUT2D eigenvalue weighted by atomic mass is 35.5. The predicted molar refractivity (Wildman–Crippen MR) is 92.4 cm³/mol. The van der Waals surface area contributed by atoms with Gasteiger partial charge in [-0.1, -0.05) is 29.3 Å². The summed E-state index contributed by atoms with van der Waals surface area (Å²) in [6.07, 6.45) is 1.33. The molecule has 0 atom stereocenters. The van der Waals surface area contributed by atoms with Crippen molar-refractivity contribution >= 4 is 35.5 Å². The van der Waals surface area contributed by atoms with Crippen LogP contribution in [0.15, 0.2) is 46.4 Å². The minimum absolute atomic E-state index is 0.00713. The zero-order valence-corrected chi connectivity index (χ0v) is 13.9. The lowest BCUT2D eigenvalue weighted by atomic mass is 10.2. The molecular formula is C16H15ClN2O3S. The number of rotatable bonds is 5. The number of benzene rings is 2. The van der Waals surface area contributed by atoms with E-state index in [0.29, 0.717) is 5.56 Å². The van der Waals surface area contributed by atoms with E-state index in [1.807, 2.05) is 31.2 Å². The second kappa shape index (κ2) is 7.89. The number of nitrogens with one attached hydrogen (secondary N) is 1. The first-order chi connectivity index (χ1) is 11.0. The Morgan fingerprint density at radius 2 is 2.00 bits per heavy atom. The third-order valence-corrected chi connectivity index (χ3v) is 4.16. The third-order valence-electron chi connectivity index (χ3n) is 2.86. The number of aryl methyl sites for hydroxylation is 1. The Morgan fingerprint density at radius 3 is 2.65 bits per heavy atom. The number of halogens is 1. The lowest BCUT2D eigenvalue weighted by Gasteiger charge is -2.03. The van der Waals surface area contributed by atoms with Crippen molar-refractivity contribution in [3.63, 3.8) is 0 Å². The molecule has 0 radical (unpaired) electrons. The summed E-state index contributed by atoms with van der Waals surface area (Å²) < 4.78 is 0. The Labute approximate surface area is 143 Å². The van der Waals surface area contributed by atoms with Crippen LogP contribution in [0.3, 0.4) is 0 Å².